The Morgan fingerprint density at radius 2 is 1.73 bits per heavy atom. The van der Waals surface area contributed by atoms with Crippen molar-refractivity contribution in [3.05, 3.63) is 35.4 Å². The number of methoxy groups -OCH3 is 1. The highest BCUT2D eigenvalue weighted by Gasteiger charge is 2.08. The predicted molar refractivity (Wildman–Crippen MR) is 61.1 cm³/mol. The summed E-state index contributed by atoms with van der Waals surface area (Å²) in [5.41, 5.74) is 1.92. The number of rotatable bonds is 4. The van der Waals surface area contributed by atoms with Crippen LogP contribution in [0, 0.1) is 0 Å². The molecule has 0 aromatic heterocycles. The van der Waals surface area contributed by atoms with Crippen molar-refractivity contribution in [2.45, 2.75) is 32.6 Å². The summed E-state index contributed by atoms with van der Waals surface area (Å²) in [7, 11) is 1.40. The van der Waals surface area contributed by atoms with Crippen molar-refractivity contribution in [3.8, 4) is 0 Å². The maximum absolute atomic E-state index is 11.2. The standard InChI is InChI=1S/C13H18O2/c1-4-10(5-2)11-6-8-12(9-7-11)13(14)15-3/h6-10H,4-5H2,1-3H3. The molecule has 0 amide bonds. The van der Waals surface area contributed by atoms with Crippen molar-refractivity contribution in [1.82, 2.24) is 0 Å². The lowest BCUT2D eigenvalue weighted by atomic mass is 9.93. The van der Waals surface area contributed by atoms with Crippen molar-refractivity contribution in [2.24, 2.45) is 0 Å². The molecule has 0 radical (unpaired) electrons. The second-order valence-electron chi connectivity index (χ2n) is 3.63. The lowest BCUT2D eigenvalue weighted by Gasteiger charge is -2.12. The minimum atomic E-state index is -0.272. The molecule has 82 valence electrons. The molecular weight excluding hydrogens is 188 g/mol. The summed E-state index contributed by atoms with van der Waals surface area (Å²) in [6.07, 6.45) is 2.27. The number of benzene rings is 1. The average molecular weight is 206 g/mol. The molecule has 0 heterocycles. The summed E-state index contributed by atoms with van der Waals surface area (Å²) in [6, 6.07) is 7.70. The van der Waals surface area contributed by atoms with Crippen molar-refractivity contribution >= 4 is 5.97 Å². The van der Waals surface area contributed by atoms with Crippen LogP contribution in [0.15, 0.2) is 24.3 Å². The summed E-state index contributed by atoms with van der Waals surface area (Å²) in [4.78, 5) is 11.2. The molecular formula is C13H18O2. The van der Waals surface area contributed by atoms with E-state index < -0.39 is 0 Å². The molecule has 0 aliphatic carbocycles. The van der Waals surface area contributed by atoms with Crippen molar-refractivity contribution in [3.63, 3.8) is 0 Å². The molecule has 0 N–H and O–H groups in total. The van der Waals surface area contributed by atoms with Crippen molar-refractivity contribution in [2.75, 3.05) is 7.11 Å². The molecule has 1 aromatic rings. The molecule has 0 aliphatic heterocycles. The first-order chi connectivity index (χ1) is 7.22. The number of carbonyl (C=O) groups is 1. The van der Waals surface area contributed by atoms with Gasteiger partial charge in [0.05, 0.1) is 12.7 Å². The molecule has 0 saturated carbocycles. The second-order valence-corrected chi connectivity index (χ2v) is 3.63. The van der Waals surface area contributed by atoms with E-state index in [9.17, 15) is 4.79 Å². The minimum Gasteiger partial charge on any atom is -0.465 e. The van der Waals surface area contributed by atoms with Gasteiger partial charge in [-0.2, -0.15) is 0 Å². The monoisotopic (exact) mass is 206 g/mol. The van der Waals surface area contributed by atoms with E-state index in [2.05, 4.69) is 18.6 Å². The van der Waals surface area contributed by atoms with E-state index >= 15 is 0 Å². The number of esters is 1. The highest BCUT2D eigenvalue weighted by molar-refractivity contribution is 5.89. The summed E-state index contributed by atoms with van der Waals surface area (Å²) >= 11 is 0. The van der Waals surface area contributed by atoms with Gasteiger partial charge >= 0.3 is 5.97 Å². The number of carbonyl (C=O) groups excluding carboxylic acids is 1. The van der Waals surface area contributed by atoms with E-state index in [1.54, 1.807) is 0 Å². The predicted octanol–water partition coefficient (Wildman–Crippen LogP) is 3.38. The van der Waals surface area contributed by atoms with Gasteiger partial charge in [-0.1, -0.05) is 26.0 Å². The Morgan fingerprint density at radius 3 is 2.13 bits per heavy atom. The van der Waals surface area contributed by atoms with E-state index in [0.717, 1.165) is 12.8 Å². The van der Waals surface area contributed by atoms with Crippen LogP contribution in [0.4, 0.5) is 0 Å². The smallest absolute Gasteiger partial charge is 0.337 e. The average Bonchev–Trinajstić information content (AvgIpc) is 2.30. The van der Waals surface area contributed by atoms with Crippen LogP contribution < -0.4 is 0 Å². The fraction of sp³-hybridized carbons (Fsp3) is 0.462. The SMILES string of the molecule is CCC(CC)c1ccc(C(=O)OC)cc1. The van der Waals surface area contributed by atoms with Crippen LogP contribution in [-0.2, 0) is 4.74 Å². The Morgan fingerprint density at radius 1 is 1.20 bits per heavy atom. The van der Waals surface area contributed by atoms with Crippen LogP contribution in [-0.4, -0.2) is 13.1 Å². The molecule has 0 bridgehead atoms. The first-order valence-electron chi connectivity index (χ1n) is 5.41. The molecule has 0 fully saturated rings. The van der Waals surface area contributed by atoms with Crippen molar-refractivity contribution in [1.29, 1.82) is 0 Å². The van der Waals surface area contributed by atoms with E-state index in [0.29, 0.717) is 11.5 Å². The van der Waals surface area contributed by atoms with E-state index in [1.807, 2.05) is 24.3 Å². The van der Waals surface area contributed by atoms with Gasteiger partial charge in [-0.25, -0.2) is 4.79 Å². The maximum Gasteiger partial charge on any atom is 0.337 e. The molecule has 1 rings (SSSR count). The zero-order valence-corrected chi connectivity index (χ0v) is 9.62. The third kappa shape index (κ3) is 2.82. The second kappa shape index (κ2) is 5.54. The third-order valence-corrected chi connectivity index (χ3v) is 2.79. The highest BCUT2D eigenvalue weighted by atomic mass is 16.5. The molecule has 2 heteroatoms. The quantitative estimate of drug-likeness (QED) is 0.706. The fourth-order valence-electron chi connectivity index (χ4n) is 1.77. The normalized spacial score (nSPS) is 10.4. The van der Waals surface area contributed by atoms with Gasteiger partial charge in [0.15, 0.2) is 0 Å². The van der Waals surface area contributed by atoms with Gasteiger partial charge in [0.2, 0.25) is 0 Å². The first-order valence-corrected chi connectivity index (χ1v) is 5.41. The molecule has 2 nitrogen and oxygen atoms in total. The van der Waals surface area contributed by atoms with Crippen LogP contribution in [0.2, 0.25) is 0 Å². The van der Waals surface area contributed by atoms with Gasteiger partial charge in [0.1, 0.15) is 0 Å². The molecule has 0 aliphatic rings. The Balaban J connectivity index is 2.84. The zero-order valence-electron chi connectivity index (χ0n) is 9.62. The maximum atomic E-state index is 11.2. The molecule has 0 unspecified atom stereocenters. The summed E-state index contributed by atoms with van der Waals surface area (Å²) < 4.78 is 4.65. The third-order valence-electron chi connectivity index (χ3n) is 2.79. The lowest BCUT2D eigenvalue weighted by Crippen LogP contribution is -2.02. The van der Waals surface area contributed by atoms with Crippen LogP contribution in [0.3, 0.4) is 0 Å². The van der Waals surface area contributed by atoms with E-state index in [-0.39, 0.29) is 5.97 Å². The van der Waals surface area contributed by atoms with Gasteiger partial charge in [-0.3, -0.25) is 0 Å². The number of hydrogen-bond donors (Lipinski definition) is 0. The van der Waals surface area contributed by atoms with E-state index in [4.69, 9.17) is 0 Å². The minimum absolute atomic E-state index is 0.272. The molecule has 1 aromatic carbocycles. The van der Waals surface area contributed by atoms with Crippen LogP contribution >= 0.6 is 0 Å². The number of hydrogen-bond acceptors (Lipinski definition) is 2. The molecule has 15 heavy (non-hydrogen) atoms. The Kier molecular flexibility index (Phi) is 4.35. The van der Waals surface area contributed by atoms with Crippen LogP contribution in [0.25, 0.3) is 0 Å². The summed E-state index contributed by atoms with van der Waals surface area (Å²) in [6.45, 7) is 4.37. The van der Waals surface area contributed by atoms with Crippen molar-refractivity contribution < 1.29 is 9.53 Å². The fourth-order valence-corrected chi connectivity index (χ4v) is 1.77. The summed E-state index contributed by atoms with van der Waals surface area (Å²) in [5, 5.41) is 0. The molecule has 0 saturated heterocycles. The zero-order chi connectivity index (χ0) is 11.3. The lowest BCUT2D eigenvalue weighted by molar-refractivity contribution is 0.0600. The van der Waals surface area contributed by atoms with Gasteiger partial charge < -0.3 is 4.74 Å². The van der Waals surface area contributed by atoms with Gasteiger partial charge in [-0.05, 0) is 36.5 Å². The van der Waals surface area contributed by atoms with Crippen LogP contribution in [0.1, 0.15) is 48.5 Å². The van der Waals surface area contributed by atoms with Gasteiger partial charge in [0, 0.05) is 0 Å². The van der Waals surface area contributed by atoms with Crippen LogP contribution in [0.5, 0.6) is 0 Å². The van der Waals surface area contributed by atoms with Gasteiger partial charge in [0.25, 0.3) is 0 Å². The Labute approximate surface area is 91.3 Å². The topological polar surface area (TPSA) is 26.3 Å². The Bertz CT molecular complexity index is 310. The largest absolute Gasteiger partial charge is 0.465 e. The first kappa shape index (κ1) is 11.8. The van der Waals surface area contributed by atoms with E-state index in [1.165, 1.54) is 12.7 Å². The number of ether oxygens (including phenoxy) is 1. The highest BCUT2D eigenvalue weighted by Crippen LogP contribution is 2.23. The Hall–Kier alpha value is -1.31. The molecule has 0 atom stereocenters. The summed E-state index contributed by atoms with van der Waals surface area (Å²) in [5.74, 6) is 0.322. The van der Waals surface area contributed by atoms with Gasteiger partial charge in [-0.15, -0.1) is 0 Å². The molecule has 0 spiro atoms.